The lowest BCUT2D eigenvalue weighted by atomic mass is 9.98. The SMILES string of the molecule is COc1ccc2ncc3c(c2c1)CC(N1CCC(NC(=O)c2ccc4c(c2)NC(=O)CS4)C1)CO3. The van der Waals surface area contributed by atoms with Gasteiger partial charge in [-0.3, -0.25) is 19.5 Å². The highest BCUT2D eigenvalue weighted by Gasteiger charge is 2.33. The molecule has 9 heteroatoms. The van der Waals surface area contributed by atoms with Crippen LogP contribution < -0.4 is 20.1 Å². The third-order valence-corrected chi connectivity index (χ3v) is 8.04. The minimum atomic E-state index is -0.112. The molecular formula is C26H26N4O4S. The van der Waals surface area contributed by atoms with Gasteiger partial charge in [-0.1, -0.05) is 0 Å². The van der Waals surface area contributed by atoms with Crippen molar-refractivity contribution in [3.63, 3.8) is 0 Å². The number of fused-ring (bicyclic) bond motifs is 4. The normalized spacial score (nSPS) is 21.6. The van der Waals surface area contributed by atoms with Crippen molar-refractivity contribution >= 4 is 40.2 Å². The Morgan fingerprint density at radius 1 is 1.29 bits per heavy atom. The highest BCUT2D eigenvalue weighted by atomic mass is 32.2. The predicted molar refractivity (Wildman–Crippen MR) is 135 cm³/mol. The molecule has 2 amide bonds. The summed E-state index contributed by atoms with van der Waals surface area (Å²) >= 11 is 1.49. The highest BCUT2D eigenvalue weighted by Crippen LogP contribution is 2.35. The van der Waals surface area contributed by atoms with Crippen molar-refractivity contribution in [2.24, 2.45) is 0 Å². The second-order valence-electron chi connectivity index (χ2n) is 9.15. The summed E-state index contributed by atoms with van der Waals surface area (Å²) in [5, 5.41) is 7.09. The number of hydrogen-bond acceptors (Lipinski definition) is 7. The quantitative estimate of drug-likeness (QED) is 0.581. The molecule has 3 aliphatic rings. The van der Waals surface area contributed by atoms with Crippen LogP contribution in [0.5, 0.6) is 11.5 Å². The maximum absolute atomic E-state index is 12.9. The van der Waals surface area contributed by atoms with Gasteiger partial charge in [0.05, 0.1) is 30.3 Å². The van der Waals surface area contributed by atoms with Crippen molar-refractivity contribution in [1.82, 2.24) is 15.2 Å². The van der Waals surface area contributed by atoms with E-state index in [1.807, 2.05) is 36.5 Å². The standard InChI is InChI=1S/C26H26N4O4S/c1-33-18-3-4-21-19(10-18)20-9-17(13-34-23(20)11-27-21)30-7-6-16(12-30)28-26(32)15-2-5-24-22(8-15)29-25(31)14-35-24/h2-5,8,10-11,16-17H,6-7,9,12-14H2,1H3,(H,28,32)(H,29,31). The van der Waals surface area contributed by atoms with Gasteiger partial charge in [0, 0.05) is 46.6 Å². The van der Waals surface area contributed by atoms with Gasteiger partial charge in [-0.2, -0.15) is 0 Å². The number of amides is 2. The van der Waals surface area contributed by atoms with E-state index in [9.17, 15) is 9.59 Å². The number of ether oxygens (including phenoxy) is 2. The van der Waals surface area contributed by atoms with Gasteiger partial charge >= 0.3 is 0 Å². The molecule has 0 radical (unpaired) electrons. The van der Waals surface area contributed by atoms with E-state index in [0.717, 1.165) is 58.8 Å². The maximum atomic E-state index is 12.9. The first-order valence-electron chi connectivity index (χ1n) is 11.8. The van der Waals surface area contributed by atoms with Crippen LogP contribution in [0.3, 0.4) is 0 Å². The molecule has 0 saturated carbocycles. The van der Waals surface area contributed by atoms with E-state index in [-0.39, 0.29) is 23.9 Å². The zero-order valence-corrected chi connectivity index (χ0v) is 20.2. The minimum absolute atomic E-state index is 0.0372. The molecule has 1 saturated heterocycles. The van der Waals surface area contributed by atoms with Crippen LogP contribution in [0.15, 0.2) is 47.5 Å². The summed E-state index contributed by atoms with van der Waals surface area (Å²) < 4.78 is 11.5. The van der Waals surface area contributed by atoms with E-state index in [4.69, 9.17) is 9.47 Å². The first-order valence-corrected chi connectivity index (χ1v) is 12.8. The van der Waals surface area contributed by atoms with Crippen LogP contribution in [-0.4, -0.2) is 66.3 Å². The fraction of sp³-hybridized carbons (Fsp3) is 0.346. The van der Waals surface area contributed by atoms with Gasteiger partial charge in [0.25, 0.3) is 5.91 Å². The second kappa shape index (κ2) is 9.05. The number of benzene rings is 2. The van der Waals surface area contributed by atoms with Gasteiger partial charge in [0.15, 0.2) is 0 Å². The van der Waals surface area contributed by atoms with Crippen molar-refractivity contribution in [1.29, 1.82) is 0 Å². The van der Waals surface area contributed by atoms with Gasteiger partial charge in [0.1, 0.15) is 18.1 Å². The average Bonchev–Trinajstić information content (AvgIpc) is 3.35. The van der Waals surface area contributed by atoms with E-state index in [1.165, 1.54) is 11.8 Å². The Morgan fingerprint density at radius 3 is 3.09 bits per heavy atom. The van der Waals surface area contributed by atoms with Crippen molar-refractivity contribution in [3.05, 3.63) is 53.7 Å². The van der Waals surface area contributed by atoms with Gasteiger partial charge < -0.3 is 20.1 Å². The van der Waals surface area contributed by atoms with Crippen LogP contribution in [-0.2, 0) is 11.2 Å². The minimum Gasteiger partial charge on any atom is -0.497 e. The summed E-state index contributed by atoms with van der Waals surface area (Å²) in [5.74, 6) is 1.90. The van der Waals surface area contributed by atoms with Crippen molar-refractivity contribution in [2.45, 2.75) is 29.8 Å². The van der Waals surface area contributed by atoms with E-state index in [1.54, 1.807) is 13.2 Å². The molecule has 2 unspecified atom stereocenters. The molecule has 3 aromatic rings. The van der Waals surface area contributed by atoms with Crippen LogP contribution in [0.25, 0.3) is 10.9 Å². The monoisotopic (exact) mass is 490 g/mol. The Kier molecular flexibility index (Phi) is 5.74. The summed E-state index contributed by atoms with van der Waals surface area (Å²) in [6.45, 7) is 2.28. The third-order valence-electron chi connectivity index (χ3n) is 6.96. The molecule has 1 aromatic heterocycles. The van der Waals surface area contributed by atoms with Gasteiger partial charge in [-0.15, -0.1) is 11.8 Å². The van der Waals surface area contributed by atoms with E-state index < -0.39 is 0 Å². The smallest absolute Gasteiger partial charge is 0.251 e. The van der Waals surface area contributed by atoms with Crippen molar-refractivity contribution in [2.75, 3.05) is 37.9 Å². The summed E-state index contributed by atoms with van der Waals surface area (Å²) in [6.07, 6.45) is 3.56. The Balaban J connectivity index is 1.13. The number of hydrogen-bond donors (Lipinski definition) is 2. The molecule has 2 atom stereocenters. The molecule has 0 aliphatic carbocycles. The number of rotatable bonds is 4. The van der Waals surface area contributed by atoms with E-state index in [2.05, 4.69) is 20.5 Å². The molecule has 0 bridgehead atoms. The van der Waals surface area contributed by atoms with E-state index in [0.29, 0.717) is 23.6 Å². The average molecular weight is 491 g/mol. The van der Waals surface area contributed by atoms with Crippen LogP contribution in [0.4, 0.5) is 5.69 Å². The zero-order chi connectivity index (χ0) is 23.9. The molecule has 35 heavy (non-hydrogen) atoms. The Labute approximate surface area is 207 Å². The summed E-state index contributed by atoms with van der Waals surface area (Å²) in [5.41, 5.74) is 3.36. The van der Waals surface area contributed by atoms with Crippen LogP contribution >= 0.6 is 11.8 Å². The van der Waals surface area contributed by atoms with Gasteiger partial charge in [0.2, 0.25) is 5.91 Å². The van der Waals surface area contributed by atoms with Crippen LogP contribution in [0.2, 0.25) is 0 Å². The zero-order valence-electron chi connectivity index (χ0n) is 19.4. The molecule has 1 fully saturated rings. The molecule has 8 nitrogen and oxygen atoms in total. The Hall–Kier alpha value is -3.30. The van der Waals surface area contributed by atoms with Crippen molar-refractivity contribution in [3.8, 4) is 11.5 Å². The summed E-state index contributed by atoms with van der Waals surface area (Å²) in [7, 11) is 1.67. The third kappa shape index (κ3) is 4.30. The molecule has 180 valence electrons. The van der Waals surface area contributed by atoms with E-state index >= 15 is 0 Å². The van der Waals surface area contributed by atoms with Gasteiger partial charge in [-0.05, 0) is 49.2 Å². The molecular weight excluding hydrogens is 464 g/mol. The first kappa shape index (κ1) is 22.2. The fourth-order valence-electron chi connectivity index (χ4n) is 5.12. The fourth-order valence-corrected chi connectivity index (χ4v) is 5.90. The number of anilines is 1. The van der Waals surface area contributed by atoms with Crippen LogP contribution in [0.1, 0.15) is 22.3 Å². The van der Waals surface area contributed by atoms with Gasteiger partial charge in [-0.25, -0.2) is 0 Å². The van der Waals surface area contributed by atoms with Crippen LogP contribution in [0, 0.1) is 0 Å². The number of pyridine rings is 1. The largest absolute Gasteiger partial charge is 0.497 e. The second-order valence-corrected chi connectivity index (χ2v) is 10.2. The van der Waals surface area contributed by atoms with Crippen molar-refractivity contribution < 1.29 is 19.1 Å². The number of aromatic nitrogens is 1. The summed E-state index contributed by atoms with van der Waals surface area (Å²) in [4.78, 5) is 32.6. The molecule has 2 aromatic carbocycles. The summed E-state index contributed by atoms with van der Waals surface area (Å²) in [6, 6.07) is 11.7. The molecule has 4 heterocycles. The number of likely N-dealkylation sites (tertiary alicyclic amines) is 1. The predicted octanol–water partition coefficient (Wildman–Crippen LogP) is 3.10. The number of methoxy groups -OCH3 is 1. The topological polar surface area (TPSA) is 92.8 Å². The number of thioether (sulfide) groups is 1. The lowest BCUT2D eigenvalue weighted by molar-refractivity contribution is -0.113. The molecule has 3 aliphatic heterocycles. The maximum Gasteiger partial charge on any atom is 0.251 e. The number of nitrogens with one attached hydrogen (secondary N) is 2. The highest BCUT2D eigenvalue weighted by molar-refractivity contribution is 8.00. The first-order chi connectivity index (χ1) is 17.1. The molecule has 0 spiro atoms. The Morgan fingerprint density at radius 2 is 2.20 bits per heavy atom. The number of nitrogens with zero attached hydrogens (tertiary/aromatic N) is 2. The number of carbonyl (C=O) groups excluding carboxylic acids is 2. The molecule has 6 rings (SSSR count). The lowest BCUT2D eigenvalue weighted by Crippen LogP contribution is -2.44. The Bertz CT molecular complexity index is 1320. The molecule has 2 N–H and O–H groups in total. The lowest BCUT2D eigenvalue weighted by Gasteiger charge is -2.32. The number of carbonyl (C=O) groups is 2.